The number of nitrogens with zero attached hydrogens (tertiary/aromatic N) is 1. The molecule has 6 heteroatoms. The summed E-state index contributed by atoms with van der Waals surface area (Å²) in [5.41, 5.74) is 0.353. The summed E-state index contributed by atoms with van der Waals surface area (Å²) < 4.78 is 4.90. The van der Waals surface area contributed by atoms with Gasteiger partial charge in [0, 0.05) is 12.1 Å². The van der Waals surface area contributed by atoms with Gasteiger partial charge in [-0.15, -0.1) is 0 Å². The smallest absolute Gasteiger partial charge is 0.315 e. The number of aliphatic hydroxyl groups is 1. The molecule has 0 fully saturated rings. The van der Waals surface area contributed by atoms with Gasteiger partial charge in [0.1, 0.15) is 5.92 Å². The summed E-state index contributed by atoms with van der Waals surface area (Å²) in [7, 11) is 0. The van der Waals surface area contributed by atoms with Crippen LogP contribution in [-0.2, 0) is 9.53 Å². The van der Waals surface area contributed by atoms with E-state index in [4.69, 9.17) is 4.74 Å². The molecule has 0 aliphatic carbocycles. The van der Waals surface area contributed by atoms with Crippen molar-refractivity contribution < 1.29 is 19.6 Å². The Hall–Kier alpha value is -2.21. The van der Waals surface area contributed by atoms with Crippen LogP contribution in [0.2, 0.25) is 0 Å². The molecule has 1 rings (SSSR count). The van der Waals surface area contributed by atoms with Crippen molar-refractivity contribution in [1.29, 1.82) is 0 Å². The van der Waals surface area contributed by atoms with E-state index in [1.54, 1.807) is 26.0 Å². The first kappa shape index (κ1) is 15.8. The lowest BCUT2D eigenvalue weighted by molar-refractivity contribution is -0.384. The predicted molar refractivity (Wildman–Crippen MR) is 73.0 cm³/mol. The van der Waals surface area contributed by atoms with Crippen LogP contribution in [0.5, 0.6) is 0 Å². The van der Waals surface area contributed by atoms with E-state index >= 15 is 0 Å². The maximum absolute atomic E-state index is 11.8. The fourth-order valence-corrected chi connectivity index (χ4v) is 1.76. The summed E-state index contributed by atoms with van der Waals surface area (Å²) in [5, 5.41) is 20.8. The Kier molecular flexibility index (Phi) is 5.86. The van der Waals surface area contributed by atoms with Gasteiger partial charge in [-0.05, 0) is 31.5 Å². The van der Waals surface area contributed by atoms with E-state index in [2.05, 4.69) is 0 Å². The van der Waals surface area contributed by atoms with Crippen molar-refractivity contribution in [3.05, 3.63) is 52.1 Å². The second kappa shape index (κ2) is 7.40. The summed E-state index contributed by atoms with van der Waals surface area (Å²) in [6.07, 6.45) is 2.09. The number of hydrogen-bond acceptors (Lipinski definition) is 5. The minimum Gasteiger partial charge on any atom is -0.465 e. The van der Waals surface area contributed by atoms with Gasteiger partial charge in [0.25, 0.3) is 5.69 Å². The van der Waals surface area contributed by atoms with Crippen molar-refractivity contribution in [1.82, 2.24) is 0 Å². The number of non-ortho nitro benzene ring substituents is 1. The van der Waals surface area contributed by atoms with Gasteiger partial charge in [0.05, 0.1) is 17.6 Å². The van der Waals surface area contributed by atoms with Crippen molar-refractivity contribution in [2.45, 2.75) is 20.0 Å². The Morgan fingerprint density at radius 2 is 2.05 bits per heavy atom. The molecule has 2 unspecified atom stereocenters. The van der Waals surface area contributed by atoms with Gasteiger partial charge < -0.3 is 9.84 Å². The van der Waals surface area contributed by atoms with E-state index in [0.717, 1.165) is 0 Å². The third-order valence-electron chi connectivity index (χ3n) is 2.74. The standard InChI is InChI=1S/C14H17NO5/c1-3-5-12(14(17)20-4-2)13(16)10-6-8-11(9-7-10)15(18)19/h3,5-9,12-13,16H,4H2,1-2H3/b5-3-. The highest BCUT2D eigenvalue weighted by Gasteiger charge is 2.27. The number of rotatable bonds is 6. The maximum atomic E-state index is 11.8. The maximum Gasteiger partial charge on any atom is 0.315 e. The van der Waals surface area contributed by atoms with E-state index in [0.29, 0.717) is 5.56 Å². The molecule has 0 aliphatic heterocycles. The molecule has 108 valence electrons. The molecular formula is C14H17NO5. The van der Waals surface area contributed by atoms with E-state index in [1.807, 2.05) is 0 Å². The fourth-order valence-electron chi connectivity index (χ4n) is 1.76. The largest absolute Gasteiger partial charge is 0.465 e. The zero-order valence-electron chi connectivity index (χ0n) is 11.4. The Morgan fingerprint density at radius 1 is 1.45 bits per heavy atom. The highest BCUT2D eigenvalue weighted by molar-refractivity contribution is 5.75. The van der Waals surface area contributed by atoms with Gasteiger partial charge in [-0.25, -0.2) is 0 Å². The predicted octanol–water partition coefficient (Wildman–Crippen LogP) is 2.38. The first-order chi connectivity index (χ1) is 9.51. The molecule has 0 saturated carbocycles. The Balaban J connectivity index is 2.96. The van der Waals surface area contributed by atoms with Crippen LogP contribution in [-0.4, -0.2) is 22.6 Å². The lowest BCUT2D eigenvalue weighted by Gasteiger charge is -2.18. The van der Waals surface area contributed by atoms with Crippen LogP contribution in [0.15, 0.2) is 36.4 Å². The quantitative estimate of drug-likeness (QED) is 0.374. The second-order valence-corrected chi connectivity index (χ2v) is 4.10. The minimum absolute atomic E-state index is 0.0698. The highest BCUT2D eigenvalue weighted by atomic mass is 16.6. The van der Waals surface area contributed by atoms with Gasteiger partial charge in [0.2, 0.25) is 0 Å². The molecule has 2 atom stereocenters. The van der Waals surface area contributed by atoms with Crippen molar-refractivity contribution in [2.75, 3.05) is 6.61 Å². The number of nitro groups is 1. The fraction of sp³-hybridized carbons (Fsp3) is 0.357. The first-order valence-corrected chi connectivity index (χ1v) is 6.23. The Morgan fingerprint density at radius 3 is 2.50 bits per heavy atom. The lowest BCUT2D eigenvalue weighted by Crippen LogP contribution is -2.23. The summed E-state index contributed by atoms with van der Waals surface area (Å²) in [4.78, 5) is 21.8. The average Bonchev–Trinajstić information content (AvgIpc) is 2.44. The van der Waals surface area contributed by atoms with Crippen LogP contribution in [0.3, 0.4) is 0 Å². The average molecular weight is 279 g/mol. The van der Waals surface area contributed by atoms with Crippen LogP contribution in [0.4, 0.5) is 5.69 Å². The number of carbonyl (C=O) groups excluding carboxylic acids is 1. The zero-order chi connectivity index (χ0) is 15.1. The number of benzene rings is 1. The van der Waals surface area contributed by atoms with Gasteiger partial charge >= 0.3 is 5.97 Å². The zero-order valence-corrected chi connectivity index (χ0v) is 11.4. The van der Waals surface area contributed by atoms with Gasteiger partial charge in [0.15, 0.2) is 0 Å². The highest BCUT2D eigenvalue weighted by Crippen LogP contribution is 2.26. The van der Waals surface area contributed by atoms with Crippen LogP contribution in [0, 0.1) is 16.0 Å². The number of nitro benzene ring substituents is 1. The van der Waals surface area contributed by atoms with Crippen LogP contribution in [0.25, 0.3) is 0 Å². The number of allylic oxidation sites excluding steroid dienone is 1. The number of hydrogen-bond donors (Lipinski definition) is 1. The van der Waals surface area contributed by atoms with Gasteiger partial charge in [-0.1, -0.05) is 12.2 Å². The SMILES string of the molecule is C/C=C\C(C(=O)OCC)C(O)c1ccc([N+](=O)[O-])cc1. The van der Waals surface area contributed by atoms with E-state index < -0.39 is 22.9 Å². The van der Waals surface area contributed by atoms with E-state index in [-0.39, 0.29) is 12.3 Å². The molecule has 0 bridgehead atoms. The third kappa shape index (κ3) is 3.89. The molecule has 1 aromatic rings. The summed E-state index contributed by atoms with van der Waals surface area (Å²) in [6, 6.07) is 5.43. The Labute approximate surface area is 116 Å². The van der Waals surface area contributed by atoms with Crippen LogP contribution >= 0.6 is 0 Å². The van der Waals surface area contributed by atoms with Crippen molar-refractivity contribution in [3.8, 4) is 0 Å². The molecule has 0 radical (unpaired) electrons. The van der Waals surface area contributed by atoms with E-state index in [1.165, 1.54) is 24.3 Å². The van der Waals surface area contributed by atoms with Crippen molar-refractivity contribution in [2.24, 2.45) is 5.92 Å². The third-order valence-corrected chi connectivity index (χ3v) is 2.74. The van der Waals surface area contributed by atoms with Gasteiger partial charge in [-0.3, -0.25) is 14.9 Å². The second-order valence-electron chi connectivity index (χ2n) is 4.10. The normalized spacial score (nSPS) is 13.9. The lowest BCUT2D eigenvalue weighted by atomic mass is 9.95. The number of carbonyl (C=O) groups is 1. The van der Waals surface area contributed by atoms with E-state index in [9.17, 15) is 20.0 Å². The molecule has 1 N–H and O–H groups in total. The number of ether oxygens (including phenoxy) is 1. The molecule has 0 aliphatic rings. The van der Waals surface area contributed by atoms with Crippen molar-refractivity contribution in [3.63, 3.8) is 0 Å². The summed E-state index contributed by atoms with van der Waals surface area (Å²) in [5.74, 6) is -1.36. The number of esters is 1. The molecule has 6 nitrogen and oxygen atoms in total. The molecule has 0 heterocycles. The molecule has 0 spiro atoms. The van der Waals surface area contributed by atoms with Crippen LogP contribution < -0.4 is 0 Å². The molecule has 20 heavy (non-hydrogen) atoms. The molecule has 0 saturated heterocycles. The minimum atomic E-state index is -1.11. The number of aliphatic hydroxyl groups excluding tert-OH is 1. The molecular weight excluding hydrogens is 262 g/mol. The summed E-state index contributed by atoms with van der Waals surface area (Å²) in [6.45, 7) is 3.64. The summed E-state index contributed by atoms with van der Waals surface area (Å²) >= 11 is 0. The molecule has 1 aromatic carbocycles. The monoisotopic (exact) mass is 279 g/mol. The topological polar surface area (TPSA) is 89.7 Å². The van der Waals surface area contributed by atoms with Crippen LogP contribution in [0.1, 0.15) is 25.5 Å². The molecule has 0 amide bonds. The van der Waals surface area contributed by atoms with Gasteiger partial charge in [-0.2, -0.15) is 0 Å². The van der Waals surface area contributed by atoms with Crippen molar-refractivity contribution >= 4 is 11.7 Å². The first-order valence-electron chi connectivity index (χ1n) is 6.23. The molecule has 0 aromatic heterocycles. The Bertz CT molecular complexity index is 495.